The van der Waals surface area contributed by atoms with Crippen molar-refractivity contribution in [2.24, 2.45) is 0 Å². The third-order valence-electron chi connectivity index (χ3n) is 3.04. The molecule has 22 heavy (non-hydrogen) atoms. The number of thiophene rings is 1. The summed E-state index contributed by atoms with van der Waals surface area (Å²) >= 11 is 4.76. The van der Waals surface area contributed by atoms with Gasteiger partial charge in [-0.3, -0.25) is 14.8 Å². The number of nitrogens with zero attached hydrogens (tertiary/aromatic N) is 2. The minimum absolute atomic E-state index is 0.0713. The number of hydrogen-bond acceptors (Lipinski definition) is 4. The van der Waals surface area contributed by atoms with Crippen molar-refractivity contribution in [1.29, 1.82) is 0 Å². The molecular weight excluding hydrogens is 362 g/mol. The first-order chi connectivity index (χ1) is 10.7. The second kappa shape index (κ2) is 6.81. The van der Waals surface area contributed by atoms with Crippen molar-refractivity contribution in [1.82, 2.24) is 15.3 Å². The lowest BCUT2D eigenvalue weighted by molar-refractivity contribution is 0.0955. The zero-order chi connectivity index (χ0) is 15.4. The predicted octanol–water partition coefficient (Wildman–Crippen LogP) is 3.90. The van der Waals surface area contributed by atoms with Gasteiger partial charge in [-0.15, -0.1) is 11.3 Å². The molecule has 0 saturated heterocycles. The van der Waals surface area contributed by atoms with E-state index in [2.05, 4.69) is 31.2 Å². The van der Waals surface area contributed by atoms with E-state index in [0.29, 0.717) is 11.4 Å². The summed E-state index contributed by atoms with van der Waals surface area (Å²) < 4.78 is 0.923. The molecule has 3 rings (SSSR count). The van der Waals surface area contributed by atoms with Gasteiger partial charge in [-0.1, -0.05) is 0 Å². The third kappa shape index (κ3) is 3.58. The van der Waals surface area contributed by atoms with Gasteiger partial charge in [0.15, 0.2) is 0 Å². The highest BCUT2D eigenvalue weighted by atomic mass is 79.9. The van der Waals surface area contributed by atoms with Gasteiger partial charge in [-0.2, -0.15) is 0 Å². The van der Waals surface area contributed by atoms with Crippen molar-refractivity contribution in [2.75, 3.05) is 0 Å². The molecule has 3 aromatic rings. The lowest BCUT2D eigenvalue weighted by Gasteiger charge is -2.06. The molecule has 0 fully saturated rings. The minimum atomic E-state index is -0.0713. The smallest absolute Gasteiger partial charge is 0.261 e. The van der Waals surface area contributed by atoms with Crippen LogP contribution in [-0.2, 0) is 6.54 Å². The highest BCUT2D eigenvalue weighted by Crippen LogP contribution is 2.20. The van der Waals surface area contributed by atoms with E-state index >= 15 is 0 Å². The maximum atomic E-state index is 12.0. The molecule has 0 radical (unpaired) electrons. The van der Waals surface area contributed by atoms with E-state index in [-0.39, 0.29) is 5.91 Å². The zero-order valence-corrected chi connectivity index (χ0v) is 13.9. The number of carbonyl (C=O) groups excluding carboxylic acids is 1. The monoisotopic (exact) mass is 373 g/mol. The van der Waals surface area contributed by atoms with E-state index < -0.39 is 0 Å². The normalized spacial score (nSPS) is 10.4. The molecule has 0 aliphatic rings. The first kappa shape index (κ1) is 14.9. The quantitative estimate of drug-likeness (QED) is 0.754. The second-order valence-corrected chi connectivity index (χ2v) is 6.42. The third-order valence-corrected chi connectivity index (χ3v) is 4.73. The largest absolute Gasteiger partial charge is 0.347 e. The molecule has 3 aromatic heterocycles. The van der Waals surface area contributed by atoms with Crippen molar-refractivity contribution in [3.05, 3.63) is 69.2 Å². The Kier molecular flexibility index (Phi) is 4.60. The van der Waals surface area contributed by atoms with Gasteiger partial charge in [0.2, 0.25) is 0 Å². The number of pyridine rings is 2. The van der Waals surface area contributed by atoms with E-state index in [4.69, 9.17) is 0 Å². The van der Waals surface area contributed by atoms with Gasteiger partial charge in [0.1, 0.15) is 0 Å². The Morgan fingerprint density at radius 2 is 2.00 bits per heavy atom. The second-order valence-electron chi connectivity index (χ2n) is 4.60. The van der Waals surface area contributed by atoms with Crippen LogP contribution < -0.4 is 5.32 Å². The average molecular weight is 374 g/mol. The maximum Gasteiger partial charge on any atom is 0.261 e. The lowest BCUT2D eigenvalue weighted by Crippen LogP contribution is -2.21. The van der Waals surface area contributed by atoms with Crippen LogP contribution in [0.5, 0.6) is 0 Å². The molecule has 3 heterocycles. The number of carbonyl (C=O) groups is 1. The summed E-state index contributed by atoms with van der Waals surface area (Å²) in [4.78, 5) is 21.1. The molecule has 1 N–H and O–H groups in total. The van der Waals surface area contributed by atoms with Crippen molar-refractivity contribution in [3.8, 4) is 11.3 Å². The highest BCUT2D eigenvalue weighted by molar-refractivity contribution is 9.10. The fourth-order valence-corrected chi connectivity index (χ4v) is 3.31. The summed E-state index contributed by atoms with van der Waals surface area (Å²) in [5.74, 6) is -0.0713. The molecule has 0 bridgehead atoms. The van der Waals surface area contributed by atoms with Crippen LogP contribution >= 0.6 is 27.3 Å². The van der Waals surface area contributed by atoms with Gasteiger partial charge in [0, 0.05) is 40.6 Å². The summed E-state index contributed by atoms with van der Waals surface area (Å²) in [6, 6.07) is 9.51. The van der Waals surface area contributed by atoms with Crippen molar-refractivity contribution in [3.63, 3.8) is 0 Å². The number of amides is 1. The molecule has 0 saturated carbocycles. The van der Waals surface area contributed by atoms with Crippen molar-refractivity contribution < 1.29 is 4.79 Å². The molecule has 0 aliphatic carbocycles. The van der Waals surface area contributed by atoms with Crippen LogP contribution in [0.2, 0.25) is 0 Å². The van der Waals surface area contributed by atoms with Crippen molar-refractivity contribution in [2.45, 2.75) is 6.54 Å². The Hall–Kier alpha value is -2.05. The summed E-state index contributed by atoms with van der Waals surface area (Å²) in [5.41, 5.74) is 2.88. The Morgan fingerprint density at radius 3 is 2.73 bits per heavy atom. The van der Waals surface area contributed by atoms with Crippen LogP contribution in [0.15, 0.2) is 58.8 Å². The van der Waals surface area contributed by atoms with Crippen LogP contribution in [0.4, 0.5) is 0 Å². The summed E-state index contributed by atoms with van der Waals surface area (Å²) in [5, 5.41) is 4.81. The van der Waals surface area contributed by atoms with Gasteiger partial charge in [0.05, 0.1) is 10.6 Å². The molecule has 0 atom stereocenters. The van der Waals surface area contributed by atoms with Gasteiger partial charge in [0.25, 0.3) is 5.91 Å². The van der Waals surface area contributed by atoms with Crippen LogP contribution in [0.3, 0.4) is 0 Å². The number of nitrogens with one attached hydrogen (secondary N) is 1. The maximum absolute atomic E-state index is 12.0. The molecule has 0 aromatic carbocycles. The molecule has 0 unspecified atom stereocenters. The summed E-state index contributed by atoms with van der Waals surface area (Å²) in [7, 11) is 0. The molecule has 4 nitrogen and oxygen atoms in total. The molecule has 0 spiro atoms. The first-order valence-electron chi connectivity index (χ1n) is 6.60. The zero-order valence-electron chi connectivity index (χ0n) is 11.5. The number of hydrogen-bond donors (Lipinski definition) is 1. The molecule has 1 amide bonds. The number of halogens is 1. The fourth-order valence-electron chi connectivity index (χ4n) is 1.97. The summed E-state index contributed by atoms with van der Waals surface area (Å²) in [6.07, 6.45) is 5.22. The predicted molar refractivity (Wildman–Crippen MR) is 90.7 cm³/mol. The van der Waals surface area contributed by atoms with Gasteiger partial charge in [-0.05, 0) is 51.8 Å². The van der Waals surface area contributed by atoms with E-state index in [1.54, 1.807) is 18.6 Å². The fraction of sp³-hybridized carbons (Fsp3) is 0.0625. The van der Waals surface area contributed by atoms with Gasteiger partial charge < -0.3 is 5.32 Å². The Balaban J connectivity index is 1.70. The first-order valence-corrected chi connectivity index (χ1v) is 8.27. The van der Waals surface area contributed by atoms with E-state index in [1.807, 2.05) is 35.7 Å². The highest BCUT2D eigenvalue weighted by Gasteiger charge is 2.08. The van der Waals surface area contributed by atoms with Crippen LogP contribution in [-0.4, -0.2) is 15.9 Å². The Bertz CT molecular complexity index is 789. The summed E-state index contributed by atoms with van der Waals surface area (Å²) in [6.45, 7) is 0.467. The lowest BCUT2D eigenvalue weighted by atomic mass is 10.1. The molecule has 110 valence electrons. The topological polar surface area (TPSA) is 54.9 Å². The molecular formula is C16H12BrN3OS. The Labute approximate surface area is 140 Å². The SMILES string of the molecule is O=C(NCc1ccnc(-c2ccncc2)c1)c1cc(Br)cs1. The van der Waals surface area contributed by atoms with Gasteiger partial charge in [-0.25, -0.2) is 0 Å². The minimum Gasteiger partial charge on any atom is -0.347 e. The van der Waals surface area contributed by atoms with Crippen molar-refractivity contribution >= 4 is 33.2 Å². The van der Waals surface area contributed by atoms with Crippen LogP contribution in [0, 0.1) is 0 Å². The van der Waals surface area contributed by atoms with Crippen LogP contribution in [0.1, 0.15) is 15.2 Å². The van der Waals surface area contributed by atoms with E-state index in [9.17, 15) is 4.79 Å². The van der Waals surface area contributed by atoms with Gasteiger partial charge >= 0.3 is 0 Å². The average Bonchev–Trinajstić information content (AvgIpc) is 3.00. The van der Waals surface area contributed by atoms with E-state index in [0.717, 1.165) is 21.3 Å². The number of rotatable bonds is 4. The standard InChI is InChI=1S/C16H12BrN3OS/c17-13-8-15(22-10-13)16(21)20-9-11-1-6-19-14(7-11)12-2-4-18-5-3-12/h1-8,10H,9H2,(H,20,21). The Morgan fingerprint density at radius 1 is 1.18 bits per heavy atom. The molecule has 6 heteroatoms. The van der Waals surface area contributed by atoms with E-state index in [1.165, 1.54) is 11.3 Å². The number of aromatic nitrogens is 2. The van der Waals surface area contributed by atoms with Crippen LogP contribution in [0.25, 0.3) is 11.3 Å². The molecule has 0 aliphatic heterocycles.